The summed E-state index contributed by atoms with van der Waals surface area (Å²) in [6.45, 7) is 0. The highest BCUT2D eigenvalue weighted by Crippen LogP contribution is 2.22. The largest absolute Gasteiger partial charge is 0.550 e. The van der Waals surface area contributed by atoms with Crippen LogP contribution in [0.15, 0.2) is 24.3 Å². The molecule has 0 amide bonds. The van der Waals surface area contributed by atoms with Crippen LogP contribution < -0.4 is 5.11 Å². The normalized spacial score (nSPS) is 10.5. The van der Waals surface area contributed by atoms with Gasteiger partial charge in [0.05, 0.1) is 10.4 Å². The molecule has 0 aliphatic rings. The van der Waals surface area contributed by atoms with E-state index in [1.165, 1.54) is 11.5 Å². The quantitative estimate of drug-likeness (QED) is 0.699. The maximum atomic E-state index is 10.4. The number of rotatable bonds is 2. The van der Waals surface area contributed by atoms with Crippen molar-refractivity contribution in [1.29, 1.82) is 0 Å². The molecule has 4 heteroatoms. The van der Waals surface area contributed by atoms with Gasteiger partial charge in [-0.3, -0.25) is 0 Å². The van der Waals surface area contributed by atoms with Crippen molar-refractivity contribution < 1.29 is 9.90 Å². The number of aromatic nitrogens is 1. The van der Waals surface area contributed by atoms with Crippen molar-refractivity contribution >= 4 is 27.6 Å². The number of carbonyl (C=O) groups excluding carboxylic acids is 1. The predicted octanol–water partition coefficient (Wildman–Crippen LogP) is 0.589. The van der Waals surface area contributed by atoms with E-state index in [9.17, 15) is 9.90 Å². The van der Waals surface area contributed by atoms with Gasteiger partial charge in [0.15, 0.2) is 0 Å². The van der Waals surface area contributed by atoms with Crippen LogP contribution in [-0.2, 0) is 11.2 Å². The van der Waals surface area contributed by atoms with Crippen LogP contribution in [-0.4, -0.2) is 10.3 Å². The van der Waals surface area contributed by atoms with E-state index in [2.05, 4.69) is 4.37 Å². The molecular formula is C9H6NO2S-. The number of nitrogens with zero attached hydrogens (tertiary/aromatic N) is 1. The molecule has 13 heavy (non-hydrogen) atoms. The summed E-state index contributed by atoms with van der Waals surface area (Å²) in [6, 6.07) is 7.57. The van der Waals surface area contributed by atoms with Gasteiger partial charge in [0, 0.05) is 17.8 Å². The molecule has 0 spiro atoms. The van der Waals surface area contributed by atoms with Crippen LogP contribution in [0.4, 0.5) is 0 Å². The molecule has 0 bridgehead atoms. The monoisotopic (exact) mass is 192 g/mol. The number of fused-ring (bicyclic) bond motifs is 1. The second kappa shape index (κ2) is 3.14. The highest BCUT2D eigenvalue weighted by Gasteiger charge is 2.04. The third-order valence-electron chi connectivity index (χ3n) is 1.76. The molecule has 2 rings (SSSR count). The number of hydrogen-bond acceptors (Lipinski definition) is 4. The predicted molar refractivity (Wildman–Crippen MR) is 48.3 cm³/mol. The Kier molecular flexibility index (Phi) is 1.98. The molecule has 0 saturated carbocycles. The van der Waals surface area contributed by atoms with Crippen molar-refractivity contribution in [2.45, 2.75) is 6.42 Å². The van der Waals surface area contributed by atoms with Gasteiger partial charge < -0.3 is 9.90 Å². The van der Waals surface area contributed by atoms with Gasteiger partial charge in [-0.15, -0.1) is 0 Å². The van der Waals surface area contributed by atoms with Crippen molar-refractivity contribution in [3.63, 3.8) is 0 Å². The maximum absolute atomic E-state index is 10.4. The first kappa shape index (κ1) is 8.19. The first-order valence-electron chi connectivity index (χ1n) is 3.80. The van der Waals surface area contributed by atoms with E-state index in [1.54, 1.807) is 0 Å². The van der Waals surface area contributed by atoms with Gasteiger partial charge in [-0.2, -0.15) is 4.37 Å². The molecule has 66 valence electrons. The van der Waals surface area contributed by atoms with E-state index in [0.29, 0.717) is 5.69 Å². The van der Waals surface area contributed by atoms with E-state index < -0.39 is 5.97 Å². The summed E-state index contributed by atoms with van der Waals surface area (Å²) < 4.78 is 5.07. The van der Waals surface area contributed by atoms with Gasteiger partial charge in [-0.25, -0.2) is 0 Å². The number of hydrogen-bond donors (Lipinski definition) is 0. The Bertz CT molecular complexity index is 450. The molecule has 0 radical (unpaired) electrons. The van der Waals surface area contributed by atoms with Crippen LogP contribution in [0.5, 0.6) is 0 Å². The summed E-state index contributed by atoms with van der Waals surface area (Å²) in [5.41, 5.74) is 0.598. The molecule has 1 aromatic heterocycles. The lowest BCUT2D eigenvalue weighted by Gasteiger charge is -1.97. The van der Waals surface area contributed by atoms with Crippen LogP contribution in [0.3, 0.4) is 0 Å². The summed E-state index contributed by atoms with van der Waals surface area (Å²) in [5.74, 6) is -1.09. The summed E-state index contributed by atoms with van der Waals surface area (Å²) in [4.78, 5) is 10.4. The zero-order valence-corrected chi connectivity index (χ0v) is 7.50. The highest BCUT2D eigenvalue weighted by atomic mass is 32.1. The molecule has 0 atom stereocenters. The van der Waals surface area contributed by atoms with Crippen LogP contribution in [0.1, 0.15) is 5.69 Å². The molecule has 0 fully saturated rings. The minimum Gasteiger partial charge on any atom is -0.550 e. The van der Waals surface area contributed by atoms with Gasteiger partial charge in [0.25, 0.3) is 0 Å². The number of carboxylic acids is 1. The number of benzene rings is 1. The summed E-state index contributed by atoms with van der Waals surface area (Å²) in [6.07, 6.45) is -0.107. The minimum absolute atomic E-state index is 0.107. The Labute approximate surface area is 78.8 Å². The van der Waals surface area contributed by atoms with Gasteiger partial charge >= 0.3 is 0 Å². The molecule has 1 heterocycles. The van der Waals surface area contributed by atoms with E-state index in [4.69, 9.17) is 0 Å². The second-order valence-electron chi connectivity index (χ2n) is 2.67. The first-order valence-corrected chi connectivity index (χ1v) is 4.58. The summed E-state index contributed by atoms with van der Waals surface area (Å²) >= 11 is 1.31. The smallest absolute Gasteiger partial charge is 0.0676 e. The minimum atomic E-state index is -1.09. The lowest BCUT2D eigenvalue weighted by molar-refractivity contribution is -0.304. The number of carboxylic acid groups (broad SMARTS) is 1. The molecule has 2 aromatic rings. The van der Waals surface area contributed by atoms with E-state index in [1.807, 2.05) is 24.3 Å². The molecule has 0 N–H and O–H groups in total. The van der Waals surface area contributed by atoms with Crippen LogP contribution in [0, 0.1) is 0 Å². The van der Waals surface area contributed by atoms with Crippen LogP contribution in [0.25, 0.3) is 10.1 Å². The Morgan fingerprint density at radius 2 is 2.23 bits per heavy atom. The SMILES string of the molecule is O=C([O-])Cc1nsc2ccccc12. The molecule has 0 saturated heterocycles. The standard InChI is InChI=1S/C9H7NO2S/c11-9(12)5-7-6-3-1-2-4-8(6)13-10-7/h1-4H,5H2,(H,11,12)/p-1. The zero-order chi connectivity index (χ0) is 9.26. The van der Waals surface area contributed by atoms with Crippen molar-refractivity contribution in [3.05, 3.63) is 30.0 Å². The van der Waals surface area contributed by atoms with E-state index in [-0.39, 0.29) is 6.42 Å². The third-order valence-corrected chi connectivity index (χ3v) is 2.63. The summed E-state index contributed by atoms with van der Waals surface area (Å²) in [7, 11) is 0. The summed E-state index contributed by atoms with van der Waals surface area (Å²) in [5, 5.41) is 11.3. The average Bonchev–Trinajstić information content (AvgIpc) is 2.48. The zero-order valence-electron chi connectivity index (χ0n) is 6.69. The fourth-order valence-corrected chi connectivity index (χ4v) is 2.00. The van der Waals surface area contributed by atoms with Gasteiger partial charge in [-0.05, 0) is 17.6 Å². The van der Waals surface area contributed by atoms with Crippen LogP contribution in [0.2, 0.25) is 0 Å². The lowest BCUT2D eigenvalue weighted by atomic mass is 10.2. The molecule has 3 nitrogen and oxygen atoms in total. The first-order chi connectivity index (χ1) is 6.27. The molecule has 1 aromatic carbocycles. The van der Waals surface area contributed by atoms with E-state index >= 15 is 0 Å². The van der Waals surface area contributed by atoms with E-state index in [0.717, 1.165) is 10.1 Å². The fraction of sp³-hybridized carbons (Fsp3) is 0.111. The highest BCUT2D eigenvalue weighted by molar-refractivity contribution is 7.13. The van der Waals surface area contributed by atoms with Crippen molar-refractivity contribution in [2.75, 3.05) is 0 Å². The third kappa shape index (κ3) is 1.53. The maximum Gasteiger partial charge on any atom is 0.0676 e. The Hall–Kier alpha value is -1.42. The van der Waals surface area contributed by atoms with Gasteiger partial charge in [0.1, 0.15) is 0 Å². The number of carbonyl (C=O) groups is 1. The Balaban J connectivity index is 2.51. The molecule has 0 aliphatic carbocycles. The van der Waals surface area contributed by atoms with Crippen LogP contribution >= 0.6 is 11.5 Å². The Morgan fingerprint density at radius 1 is 1.46 bits per heavy atom. The second-order valence-corrected chi connectivity index (χ2v) is 3.48. The fourth-order valence-electron chi connectivity index (χ4n) is 1.20. The van der Waals surface area contributed by atoms with Gasteiger partial charge in [0.2, 0.25) is 0 Å². The number of aliphatic carboxylic acids is 1. The molecule has 0 aliphatic heterocycles. The van der Waals surface area contributed by atoms with Crippen molar-refractivity contribution in [2.24, 2.45) is 0 Å². The Morgan fingerprint density at radius 3 is 3.00 bits per heavy atom. The topological polar surface area (TPSA) is 53.0 Å². The molecular weight excluding hydrogens is 186 g/mol. The lowest BCUT2D eigenvalue weighted by Crippen LogP contribution is -2.24. The van der Waals surface area contributed by atoms with Gasteiger partial charge in [-0.1, -0.05) is 18.2 Å². The van der Waals surface area contributed by atoms with Crippen molar-refractivity contribution in [3.8, 4) is 0 Å². The molecule has 0 unspecified atom stereocenters. The van der Waals surface area contributed by atoms with Crippen molar-refractivity contribution in [1.82, 2.24) is 4.37 Å². The average molecular weight is 192 g/mol.